The van der Waals surface area contributed by atoms with Gasteiger partial charge in [-0.25, -0.2) is 0 Å². The van der Waals surface area contributed by atoms with Crippen molar-refractivity contribution in [2.45, 2.75) is 20.3 Å². The van der Waals surface area contributed by atoms with Gasteiger partial charge in [0.25, 0.3) is 5.91 Å². The van der Waals surface area contributed by atoms with E-state index in [1.54, 1.807) is 0 Å². The van der Waals surface area contributed by atoms with E-state index < -0.39 is 0 Å². The number of nitrogens with one attached hydrogen (secondary N) is 1. The van der Waals surface area contributed by atoms with E-state index in [0.29, 0.717) is 5.92 Å². The molecule has 0 saturated carbocycles. The van der Waals surface area contributed by atoms with E-state index in [1.807, 2.05) is 37.1 Å². The van der Waals surface area contributed by atoms with Crippen LogP contribution in [0.25, 0.3) is 5.69 Å². The lowest BCUT2D eigenvalue weighted by atomic mass is 10.1. The lowest BCUT2D eigenvalue weighted by Crippen LogP contribution is -2.30. The van der Waals surface area contributed by atoms with E-state index in [1.165, 1.54) is 0 Å². The summed E-state index contributed by atoms with van der Waals surface area (Å²) >= 11 is 3.53. The van der Waals surface area contributed by atoms with Gasteiger partial charge in [-0.2, -0.15) is 0 Å². The number of hydrogen-bond donors (Lipinski definition) is 1. The first-order valence-electron chi connectivity index (χ1n) is 8.40. The number of carbonyl (C=O) groups excluding carboxylic acids is 1. The van der Waals surface area contributed by atoms with E-state index in [9.17, 15) is 4.79 Å². The Hall–Kier alpha value is -1.30. The van der Waals surface area contributed by atoms with Crippen LogP contribution >= 0.6 is 28.3 Å². The van der Waals surface area contributed by atoms with Gasteiger partial charge in [0.2, 0.25) is 0 Å². The number of halogens is 2. The fourth-order valence-electron chi connectivity index (χ4n) is 3.63. The van der Waals surface area contributed by atoms with Crippen LogP contribution in [-0.2, 0) is 0 Å². The normalized spacial score (nSPS) is 16.8. The summed E-state index contributed by atoms with van der Waals surface area (Å²) in [7, 11) is 1.97. The van der Waals surface area contributed by atoms with E-state index in [-0.39, 0.29) is 18.3 Å². The lowest BCUT2D eigenvalue weighted by molar-refractivity contribution is 0.0786. The largest absolute Gasteiger partial charge is 0.338 e. The molecule has 1 aromatic heterocycles. The number of likely N-dealkylation sites (tertiary alicyclic amines) is 1. The second kappa shape index (κ2) is 8.39. The Morgan fingerprint density at radius 3 is 2.76 bits per heavy atom. The van der Waals surface area contributed by atoms with Crippen LogP contribution in [0.15, 0.2) is 34.8 Å². The second-order valence-electron chi connectivity index (χ2n) is 6.56. The molecule has 2 aromatic rings. The van der Waals surface area contributed by atoms with Crippen molar-refractivity contribution < 1.29 is 4.79 Å². The number of hydrogen-bond acceptors (Lipinski definition) is 2. The molecule has 136 valence electrons. The van der Waals surface area contributed by atoms with Crippen LogP contribution in [0.5, 0.6) is 0 Å². The standard InChI is InChI=1S/C19H24BrN3O.ClH/c1-13-9-18(19(24)22-8-7-15(12-22)11-21-3)14(2)23(13)17-6-4-5-16(20)10-17;/h4-6,9-10,15,21H,7-8,11-12H2,1-3H3;1H. The van der Waals surface area contributed by atoms with E-state index in [2.05, 4.69) is 44.9 Å². The van der Waals surface area contributed by atoms with Gasteiger partial charge < -0.3 is 14.8 Å². The zero-order chi connectivity index (χ0) is 17.3. The topological polar surface area (TPSA) is 37.3 Å². The monoisotopic (exact) mass is 425 g/mol. The Morgan fingerprint density at radius 2 is 2.08 bits per heavy atom. The third kappa shape index (κ3) is 4.10. The van der Waals surface area contributed by atoms with Gasteiger partial charge >= 0.3 is 0 Å². The highest BCUT2D eigenvalue weighted by molar-refractivity contribution is 9.10. The van der Waals surface area contributed by atoms with Gasteiger partial charge in [-0.05, 0) is 64.0 Å². The van der Waals surface area contributed by atoms with E-state index in [4.69, 9.17) is 0 Å². The smallest absolute Gasteiger partial charge is 0.255 e. The Balaban J connectivity index is 0.00000225. The molecule has 4 nitrogen and oxygen atoms in total. The molecular formula is C19H25BrClN3O. The van der Waals surface area contributed by atoms with Crippen LogP contribution in [0.2, 0.25) is 0 Å². The Kier molecular flexibility index (Phi) is 6.72. The minimum atomic E-state index is 0. The van der Waals surface area contributed by atoms with Gasteiger partial charge in [0.1, 0.15) is 0 Å². The summed E-state index contributed by atoms with van der Waals surface area (Å²) in [5, 5.41) is 3.21. The van der Waals surface area contributed by atoms with Gasteiger partial charge in [0.15, 0.2) is 0 Å². The molecule has 3 rings (SSSR count). The number of benzene rings is 1. The van der Waals surface area contributed by atoms with Crippen molar-refractivity contribution in [1.29, 1.82) is 0 Å². The van der Waals surface area contributed by atoms with Crippen molar-refractivity contribution in [2.75, 3.05) is 26.7 Å². The maximum absolute atomic E-state index is 13.0. The highest BCUT2D eigenvalue weighted by Crippen LogP contribution is 2.26. The molecule has 1 aliphatic rings. The first-order valence-corrected chi connectivity index (χ1v) is 9.19. The second-order valence-corrected chi connectivity index (χ2v) is 7.48. The molecule has 1 fully saturated rings. The molecule has 2 heterocycles. The number of rotatable bonds is 4. The number of aryl methyl sites for hydroxylation is 1. The number of nitrogens with zero attached hydrogens (tertiary/aromatic N) is 2. The maximum Gasteiger partial charge on any atom is 0.255 e. The van der Waals surface area contributed by atoms with Crippen molar-refractivity contribution in [3.05, 3.63) is 51.8 Å². The predicted octanol–water partition coefficient (Wildman–Crippen LogP) is 3.96. The summed E-state index contributed by atoms with van der Waals surface area (Å²) in [6.45, 7) is 6.76. The molecule has 0 spiro atoms. The van der Waals surface area contributed by atoms with Crippen molar-refractivity contribution in [3.63, 3.8) is 0 Å². The van der Waals surface area contributed by atoms with Crippen molar-refractivity contribution in [2.24, 2.45) is 5.92 Å². The van der Waals surface area contributed by atoms with Gasteiger partial charge in [-0.1, -0.05) is 22.0 Å². The molecule has 1 aromatic carbocycles. The Bertz CT molecular complexity index is 759. The number of amides is 1. The summed E-state index contributed by atoms with van der Waals surface area (Å²) in [5.74, 6) is 0.718. The quantitative estimate of drug-likeness (QED) is 0.803. The van der Waals surface area contributed by atoms with Crippen molar-refractivity contribution in [1.82, 2.24) is 14.8 Å². The first-order chi connectivity index (χ1) is 11.5. The minimum absolute atomic E-state index is 0. The van der Waals surface area contributed by atoms with Crippen LogP contribution in [0.1, 0.15) is 28.2 Å². The van der Waals surface area contributed by atoms with Gasteiger partial charge in [0.05, 0.1) is 5.56 Å². The molecule has 1 amide bonds. The van der Waals surface area contributed by atoms with Gasteiger partial charge in [-0.15, -0.1) is 12.4 Å². The van der Waals surface area contributed by atoms with Crippen LogP contribution in [0, 0.1) is 19.8 Å². The predicted molar refractivity (Wildman–Crippen MR) is 108 cm³/mol. The highest BCUT2D eigenvalue weighted by Gasteiger charge is 2.28. The fraction of sp³-hybridized carbons (Fsp3) is 0.421. The van der Waals surface area contributed by atoms with Gasteiger partial charge in [0, 0.05) is 34.6 Å². The van der Waals surface area contributed by atoms with Crippen molar-refractivity contribution >= 4 is 34.2 Å². The molecule has 0 bridgehead atoms. The van der Waals surface area contributed by atoms with Crippen LogP contribution in [0.4, 0.5) is 0 Å². The molecule has 1 atom stereocenters. The highest BCUT2D eigenvalue weighted by atomic mass is 79.9. The molecule has 1 N–H and O–H groups in total. The van der Waals surface area contributed by atoms with Crippen LogP contribution in [-0.4, -0.2) is 42.1 Å². The summed E-state index contributed by atoms with van der Waals surface area (Å²) in [4.78, 5) is 15.0. The van der Waals surface area contributed by atoms with Crippen molar-refractivity contribution in [3.8, 4) is 5.69 Å². The molecule has 1 aliphatic heterocycles. The first kappa shape index (κ1) is 20.0. The van der Waals surface area contributed by atoms with Gasteiger partial charge in [-0.3, -0.25) is 4.79 Å². The zero-order valence-electron chi connectivity index (χ0n) is 14.9. The lowest BCUT2D eigenvalue weighted by Gasteiger charge is -2.17. The van der Waals surface area contributed by atoms with E-state index in [0.717, 1.165) is 53.2 Å². The van der Waals surface area contributed by atoms with E-state index >= 15 is 0 Å². The summed E-state index contributed by atoms with van der Waals surface area (Å²) in [6.07, 6.45) is 1.08. The van der Waals surface area contributed by atoms with Crippen LogP contribution < -0.4 is 5.32 Å². The molecule has 0 radical (unpaired) electrons. The molecule has 0 aliphatic carbocycles. The molecule has 1 saturated heterocycles. The summed E-state index contributed by atoms with van der Waals surface area (Å²) in [5.41, 5.74) is 3.98. The SMILES string of the molecule is CNCC1CCN(C(=O)c2cc(C)n(-c3cccc(Br)c3)c2C)C1.Cl. The summed E-state index contributed by atoms with van der Waals surface area (Å²) in [6, 6.07) is 10.2. The maximum atomic E-state index is 13.0. The fourth-order valence-corrected chi connectivity index (χ4v) is 4.02. The minimum Gasteiger partial charge on any atom is -0.338 e. The average molecular weight is 427 g/mol. The number of aromatic nitrogens is 1. The van der Waals surface area contributed by atoms with Crippen LogP contribution in [0.3, 0.4) is 0 Å². The molecule has 1 unspecified atom stereocenters. The number of carbonyl (C=O) groups is 1. The molecule has 25 heavy (non-hydrogen) atoms. The zero-order valence-corrected chi connectivity index (χ0v) is 17.3. The molecular weight excluding hydrogens is 402 g/mol. The average Bonchev–Trinajstić information content (AvgIpc) is 3.12. The third-order valence-corrected chi connectivity index (χ3v) is 5.29. The summed E-state index contributed by atoms with van der Waals surface area (Å²) < 4.78 is 3.19. The Morgan fingerprint density at radius 1 is 1.32 bits per heavy atom. The molecule has 6 heteroatoms. The third-order valence-electron chi connectivity index (χ3n) is 4.79. The Labute approximate surface area is 164 Å².